The van der Waals surface area contributed by atoms with Crippen LogP contribution in [0.4, 0.5) is 11.4 Å². The van der Waals surface area contributed by atoms with E-state index in [2.05, 4.69) is 0 Å². The van der Waals surface area contributed by atoms with Crippen molar-refractivity contribution >= 4 is 40.4 Å². The van der Waals surface area contributed by atoms with Crippen molar-refractivity contribution in [2.24, 2.45) is 0 Å². The minimum absolute atomic E-state index is 0.00540. The lowest BCUT2D eigenvalue weighted by Gasteiger charge is -2.26. The Morgan fingerprint density at radius 3 is 2.27 bits per heavy atom. The van der Waals surface area contributed by atoms with E-state index in [0.29, 0.717) is 27.6 Å². The Morgan fingerprint density at radius 2 is 1.67 bits per heavy atom. The van der Waals surface area contributed by atoms with Crippen molar-refractivity contribution in [2.45, 2.75) is 6.04 Å². The Balaban J connectivity index is 1.93. The van der Waals surface area contributed by atoms with Gasteiger partial charge in [-0.3, -0.25) is 14.5 Å². The number of para-hydroxylation sites is 1. The number of benzene rings is 3. The SMILES string of the molecule is COc1cc(/C(O)=C2/C(=O)C(=O)N(c3ccccc3)C2c2ccc(N(C)C)cc2)ccc1Cl. The van der Waals surface area contributed by atoms with Crippen LogP contribution in [0.5, 0.6) is 5.75 Å². The van der Waals surface area contributed by atoms with Gasteiger partial charge in [0.1, 0.15) is 11.5 Å². The Bertz CT molecular complexity index is 1240. The molecule has 0 aromatic heterocycles. The summed E-state index contributed by atoms with van der Waals surface area (Å²) in [7, 11) is 5.32. The van der Waals surface area contributed by atoms with Gasteiger partial charge in [0.15, 0.2) is 0 Å². The smallest absolute Gasteiger partial charge is 0.300 e. The van der Waals surface area contributed by atoms with Crippen molar-refractivity contribution in [1.82, 2.24) is 0 Å². The van der Waals surface area contributed by atoms with Crippen molar-refractivity contribution in [2.75, 3.05) is 31.0 Å². The number of amides is 1. The Hall–Kier alpha value is -3.77. The summed E-state index contributed by atoms with van der Waals surface area (Å²) >= 11 is 6.12. The number of rotatable bonds is 5. The van der Waals surface area contributed by atoms with Crippen molar-refractivity contribution in [3.8, 4) is 5.75 Å². The molecule has 168 valence electrons. The molecule has 1 heterocycles. The fourth-order valence-corrected chi connectivity index (χ4v) is 4.11. The summed E-state index contributed by atoms with van der Waals surface area (Å²) in [5, 5.41) is 11.6. The Morgan fingerprint density at radius 1 is 1.00 bits per heavy atom. The second-order valence-electron chi connectivity index (χ2n) is 7.84. The number of nitrogens with zero attached hydrogens (tertiary/aromatic N) is 2. The first-order valence-corrected chi connectivity index (χ1v) is 10.7. The van der Waals surface area contributed by atoms with Gasteiger partial charge in [0, 0.05) is 31.0 Å². The second kappa shape index (κ2) is 9.00. The molecule has 1 saturated heterocycles. The molecule has 1 N–H and O–H groups in total. The molecule has 3 aromatic carbocycles. The molecule has 0 bridgehead atoms. The minimum Gasteiger partial charge on any atom is -0.507 e. The van der Waals surface area contributed by atoms with Crippen LogP contribution in [0.2, 0.25) is 5.02 Å². The number of carbonyl (C=O) groups excluding carboxylic acids is 2. The molecule has 4 rings (SSSR count). The molecule has 6 nitrogen and oxygen atoms in total. The highest BCUT2D eigenvalue weighted by Crippen LogP contribution is 2.43. The Kier molecular flexibility index (Phi) is 6.11. The maximum atomic E-state index is 13.2. The third-order valence-corrected chi connectivity index (χ3v) is 5.94. The molecule has 0 saturated carbocycles. The van der Waals surface area contributed by atoms with Gasteiger partial charge in [-0.25, -0.2) is 0 Å². The standard InChI is InChI=1S/C26H23ClN2O4/c1-28(2)18-12-9-16(10-13-18)23-22(24(30)17-11-14-20(27)21(15-17)33-3)25(31)26(32)29(23)19-7-5-4-6-8-19/h4-15,23,30H,1-3H3/b24-22-. The predicted molar refractivity (Wildman–Crippen MR) is 130 cm³/mol. The molecule has 1 aliphatic rings. The zero-order chi connectivity index (χ0) is 23.7. The van der Waals surface area contributed by atoms with Gasteiger partial charge >= 0.3 is 0 Å². The van der Waals surface area contributed by atoms with E-state index in [1.165, 1.54) is 12.0 Å². The number of aliphatic hydroxyl groups excluding tert-OH is 1. The molecular weight excluding hydrogens is 440 g/mol. The number of aliphatic hydroxyl groups is 1. The van der Waals surface area contributed by atoms with Crippen LogP contribution in [0, 0.1) is 0 Å². The molecule has 0 radical (unpaired) electrons. The van der Waals surface area contributed by atoms with Crippen LogP contribution in [-0.4, -0.2) is 38.0 Å². The van der Waals surface area contributed by atoms with E-state index in [0.717, 1.165) is 5.69 Å². The quantitative estimate of drug-likeness (QED) is 0.327. The van der Waals surface area contributed by atoms with E-state index in [1.54, 1.807) is 42.5 Å². The summed E-state index contributed by atoms with van der Waals surface area (Å²) in [6, 6.07) is 20.4. The van der Waals surface area contributed by atoms with E-state index in [9.17, 15) is 14.7 Å². The fraction of sp³-hybridized carbons (Fsp3) is 0.154. The van der Waals surface area contributed by atoms with E-state index in [1.807, 2.05) is 49.3 Å². The van der Waals surface area contributed by atoms with Gasteiger partial charge < -0.3 is 14.7 Å². The number of Topliss-reactive ketones (excluding diaryl/α,β-unsaturated/α-hetero) is 1. The van der Waals surface area contributed by atoms with E-state index < -0.39 is 17.7 Å². The first-order valence-electron chi connectivity index (χ1n) is 10.3. The van der Waals surface area contributed by atoms with Gasteiger partial charge in [-0.1, -0.05) is 41.9 Å². The highest BCUT2D eigenvalue weighted by Gasteiger charge is 2.47. The minimum atomic E-state index is -0.801. The molecule has 7 heteroatoms. The van der Waals surface area contributed by atoms with Gasteiger partial charge in [0.2, 0.25) is 0 Å². The number of hydrogen-bond donors (Lipinski definition) is 1. The van der Waals surface area contributed by atoms with Crippen molar-refractivity contribution in [3.05, 3.63) is 94.5 Å². The van der Waals surface area contributed by atoms with Crippen LogP contribution in [0.3, 0.4) is 0 Å². The predicted octanol–water partition coefficient (Wildman–Crippen LogP) is 5.04. The average Bonchev–Trinajstić information content (AvgIpc) is 3.10. The van der Waals surface area contributed by atoms with Gasteiger partial charge in [0.25, 0.3) is 11.7 Å². The van der Waals surface area contributed by atoms with E-state index in [-0.39, 0.29) is 11.3 Å². The van der Waals surface area contributed by atoms with Crippen LogP contribution >= 0.6 is 11.6 Å². The van der Waals surface area contributed by atoms with Gasteiger partial charge in [-0.05, 0) is 48.0 Å². The largest absolute Gasteiger partial charge is 0.507 e. The molecule has 33 heavy (non-hydrogen) atoms. The molecular formula is C26H23ClN2O4. The molecule has 0 aliphatic carbocycles. The number of ether oxygens (including phenoxy) is 1. The lowest BCUT2D eigenvalue weighted by Crippen LogP contribution is -2.29. The van der Waals surface area contributed by atoms with E-state index >= 15 is 0 Å². The van der Waals surface area contributed by atoms with Crippen LogP contribution in [-0.2, 0) is 9.59 Å². The van der Waals surface area contributed by atoms with Crippen molar-refractivity contribution < 1.29 is 19.4 Å². The van der Waals surface area contributed by atoms with Gasteiger partial charge in [0.05, 0.1) is 23.7 Å². The maximum absolute atomic E-state index is 13.2. The lowest BCUT2D eigenvalue weighted by atomic mass is 9.95. The molecule has 1 fully saturated rings. The van der Waals surface area contributed by atoms with Crippen LogP contribution in [0.25, 0.3) is 5.76 Å². The zero-order valence-corrected chi connectivity index (χ0v) is 19.2. The summed E-state index contributed by atoms with van der Waals surface area (Å²) in [5.41, 5.74) is 2.57. The van der Waals surface area contributed by atoms with Crippen molar-refractivity contribution in [1.29, 1.82) is 0 Å². The molecule has 1 atom stereocenters. The maximum Gasteiger partial charge on any atom is 0.300 e. The number of ketones is 1. The number of carbonyl (C=O) groups is 2. The fourth-order valence-electron chi connectivity index (χ4n) is 3.92. The van der Waals surface area contributed by atoms with Gasteiger partial charge in [-0.15, -0.1) is 0 Å². The summed E-state index contributed by atoms with van der Waals surface area (Å²) in [5.74, 6) is -1.40. The molecule has 1 unspecified atom stereocenters. The van der Waals surface area contributed by atoms with Crippen LogP contribution < -0.4 is 14.5 Å². The number of methoxy groups -OCH3 is 1. The topological polar surface area (TPSA) is 70.1 Å². The third kappa shape index (κ3) is 4.05. The molecule has 1 amide bonds. The molecule has 3 aromatic rings. The lowest BCUT2D eigenvalue weighted by molar-refractivity contribution is -0.132. The highest BCUT2D eigenvalue weighted by molar-refractivity contribution is 6.51. The Labute approximate surface area is 197 Å². The number of hydrogen-bond acceptors (Lipinski definition) is 5. The van der Waals surface area contributed by atoms with Crippen LogP contribution in [0.15, 0.2) is 78.4 Å². The first kappa shape index (κ1) is 22.4. The summed E-state index contributed by atoms with van der Waals surface area (Å²) in [6.45, 7) is 0. The summed E-state index contributed by atoms with van der Waals surface area (Å²) in [6.07, 6.45) is 0. The number of halogens is 1. The number of anilines is 2. The zero-order valence-electron chi connectivity index (χ0n) is 18.4. The summed E-state index contributed by atoms with van der Waals surface area (Å²) < 4.78 is 5.25. The van der Waals surface area contributed by atoms with Crippen LogP contribution in [0.1, 0.15) is 17.2 Å². The monoisotopic (exact) mass is 462 g/mol. The second-order valence-corrected chi connectivity index (χ2v) is 8.25. The molecule has 0 spiro atoms. The van der Waals surface area contributed by atoms with E-state index in [4.69, 9.17) is 16.3 Å². The highest BCUT2D eigenvalue weighted by atomic mass is 35.5. The normalized spacial score (nSPS) is 17.3. The average molecular weight is 463 g/mol. The van der Waals surface area contributed by atoms with Crippen molar-refractivity contribution in [3.63, 3.8) is 0 Å². The first-order chi connectivity index (χ1) is 15.8. The summed E-state index contributed by atoms with van der Waals surface area (Å²) in [4.78, 5) is 29.8. The molecule has 1 aliphatic heterocycles. The third-order valence-electron chi connectivity index (χ3n) is 5.63. The van der Waals surface area contributed by atoms with Gasteiger partial charge in [-0.2, -0.15) is 0 Å².